The molecular formula is C14H16BrN5O. The number of anilines is 1. The van der Waals surface area contributed by atoms with Crippen LogP contribution in [-0.4, -0.2) is 27.4 Å². The number of aromatic nitrogens is 3. The summed E-state index contributed by atoms with van der Waals surface area (Å²) < 4.78 is 0.761. The van der Waals surface area contributed by atoms with E-state index in [2.05, 4.69) is 48.4 Å². The lowest BCUT2D eigenvalue weighted by Crippen LogP contribution is -2.25. The fourth-order valence-electron chi connectivity index (χ4n) is 1.69. The minimum absolute atomic E-state index is 0.194. The topological polar surface area (TPSA) is 79.8 Å². The maximum absolute atomic E-state index is 12.3. The normalized spacial score (nSPS) is 10.2. The Morgan fingerprint density at radius 3 is 2.95 bits per heavy atom. The van der Waals surface area contributed by atoms with Crippen molar-refractivity contribution in [3.05, 3.63) is 46.6 Å². The second kappa shape index (κ2) is 7.68. The van der Waals surface area contributed by atoms with Crippen molar-refractivity contribution in [2.45, 2.75) is 19.9 Å². The largest absolute Gasteiger partial charge is 0.369 e. The zero-order chi connectivity index (χ0) is 15.1. The molecule has 0 fully saturated rings. The summed E-state index contributed by atoms with van der Waals surface area (Å²) in [6.07, 6.45) is 5.72. The highest BCUT2D eigenvalue weighted by Crippen LogP contribution is 2.18. The molecule has 0 spiro atoms. The van der Waals surface area contributed by atoms with Gasteiger partial charge in [-0.25, -0.2) is 15.0 Å². The second-order valence-electron chi connectivity index (χ2n) is 4.36. The first-order valence-electron chi connectivity index (χ1n) is 6.63. The quantitative estimate of drug-likeness (QED) is 0.836. The van der Waals surface area contributed by atoms with E-state index in [1.54, 1.807) is 24.5 Å². The average molecular weight is 350 g/mol. The van der Waals surface area contributed by atoms with E-state index < -0.39 is 0 Å². The molecule has 6 nitrogen and oxygen atoms in total. The molecule has 0 aliphatic carbocycles. The lowest BCUT2D eigenvalue weighted by Gasteiger charge is -2.11. The van der Waals surface area contributed by atoms with E-state index >= 15 is 0 Å². The highest BCUT2D eigenvalue weighted by atomic mass is 79.9. The standard InChI is InChI=1S/C14H16BrN5O/c1-2-4-17-13-12(6-10(15)7-18-13)14(21)19-8-11-3-5-16-9-20-11/h3,5-7,9H,2,4,8H2,1H3,(H,17,18)(H,19,21). The lowest BCUT2D eigenvalue weighted by atomic mass is 10.2. The Morgan fingerprint density at radius 2 is 2.24 bits per heavy atom. The number of amides is 1. The molecule has 21 heavy (non-hydrogen) atoms. The highest BCUT2D eigenvalue weighted by molar-refractivity contribution is 9.10. The van der Waals surface area contributed by atoms with Crippen LogP contribution in [0.1, 0.15) is 29.4 Å². The van der Waals surface area contributed by atoms with Crippen molar-refractivity contribution in [2.24, 2.45) is 0 Å². The minimum Gasteiger partial charge on any atom is -0.369 e. The number of hydrogen-bond donors (Lipinski definition) is 2. The number of nitrogens with one attached hydrogen (secondary N) is 2. The summed E-state index contributed by atoms with van der Waals surface area (Å²) in [5.41, 5.74) is 1.26. The van der Waals surface area contributed by atoms with Crippen molar-refractivity contribution in [1.82, 2.24) is 20.3 Å². The third kappa shape index (κ3) is 4.49. The fourth-order valence-corrected chi connectivity index (χ4v) is 2.02. The molecule has 1 amide bonds. The van der Waals surface area contributed by atoms with Crippen molar-refractivity contribution in [1.29, 1.82) is 0 Å². The number of halogens is 1. The Morgan fingerprint density at radius 1 is 1.38 bits per heavy atom. The summed E-state index contributed by atoms with van der Waals surface area (Å²) in [5, 5.41) is 5.98. The van der Waals surface area contributed by atoms with Gasteiger partial charge < -0.3 is 10.6 Å². The van der Waals surface area contributed by atoms with Crippen molar-refractivity contribution in [2.75, 3.05) is 11.9 Å². The SMILES string of the molecule is CCCNc1ncc(Br)cc1C(=O)NCc1ccncn1. The Balaban J connectivity index is 2.08. The zero-order valence-corrected chi connectivity index (χ0v) is 13.2. The van der Waals surface area contributed by atoms with E-state index in [0.29, 0.717) is 17.9 Å². The summed E-state index contributed by atoms with van der Waals surface area (Å²) in [6, 6.07) is 3.51. The van der Waals surface area contributed by atoms with Gasteiger partial charge in [0.2, 0.25) is 0 Å². The van der Waals surface area contributed by atoms with Crippen molar-refractivity contribution in [3.8, 4) is 0 Å². The molecule has 0 saturated heterocycles. The van der Waals surface area contributed by atoms with Crippen LogP contribution in [0.4, 0.5) is 5.82 Å². The summed E-state index contributed by atoms with van der Waals surface area (Å²) in [4.78, 5) is 24.5. The van der Waals surface area contributed by atoms with Crippen LogP contribution in [0.2, 0.25) is 0 Å². The van der Waals surface area contributed by atoms with Crippen LogP contribution in [-0.2, 0) is 6.54 Å². The molecule has 0 atom stereocenters. The predicted octanol–water partition coefficient (Wildman–Crippen LogP) is 2.39. The molecule has 2 rings (SSSR count). The van der Waals surface area contributed by atoms with Crippen LogP contribution in [0.15, 0.2) is 35.3 Å². The van der Waals surface area contributed by atoms with E-state index in [4.69, 9.17) is 0 Å². The molecule has 0 radical (unpaired) electrons. The molecule has 2 N–H and O–H groups in total. The van der Waals surface area contributed by atoms with Crippen LogP contribution in [0.25, 0.3) is 0 Å². The maximum Gasteiger partial charge on any atom is 0.255 e. The van der Waals surface area contributed by atoms with Crippen LogP contribution < -0.4 is 10.6 Å². The second-order valence-corrected chi connectivity index (χ2v) is 5.28. The lowest BCUT2D eigenvalue weighted by molar-refractivity contribution is 0.0951. The van der Waals surface area contributed by atoms with Gasteiger partial charge in [-0.2, -0.15) is 0 Å². The van der Waals surface area contributed by atoms with Gasteiger partial charge in [-0.15, -0.1) is 0 Å². The third-order valence-corrected chi connectivity index (χ3v) is 3.15. The van der Waals surface area contributed by atoms with Crippen LogP contribution in [0.3, 0.4) is 0 Å². The highest BCUT2D eigenvalue weighted by Gasteiger charge is 2.13. The molecule has 2 aromatic heterocycles. The minimum atomic E-state index is -0.194. The number of nitrogens with zero attached hydrogens (tertiary/aromatic N) is 3. The van der Waals surface area contributed by atoms with Gasteiger partial charge in [0.25, 0.3) is 5.91 Å². The molecule has 0 unspecified atom stereocenters. The van der Waals surface area contributed by atoms with Gasteiger partial charge in [-0.05, 0) is 34.5 Å². The Kier molecular flexibility index (Phi) is 5.62. The summed E-state index contributed by atoms with van der Waals surface area (Å²) >= 11 is 3.34. The molecule has 2 heterocycles. The number of carbonyl (C=O) groups is 1. The number of pyridine rings is 1. The Bertz CT molecular complexity index is 606. The first kappa shape index (κ1) is 15.4. The summed E-state index contributed by atoms with van der Waals surface area (Å²) in [7, 11) is 0. The third-order valence-electron chi connectivity index (χ3n) is 2.71. The van der Waals surface area contributed by atoms with Gasteiger partial charge in [-0.3, -0.25) is 4.79 Å². The Hall–Kier alpha value is -2.02. The molecule has 110 valence electrons. The molecule has 7 heteroatoms. The monoisotopic (exact) mass is 349 g/mol. The van der Waals surface area contributed by atoms with Crippen LogP contribution in [0, 0.1) is 0 Å². The predicted molar refractivity (Wildman–Crippen MR) is 83.9 cm³/mol. The van der Waals surface area contributed by atoms with Crippen molar-refractivity contribution in [3.63, 3.8) is 0 Å². The zero-order valence-electron chi connectivity index (χ0n) is 11.6. The molecule has 0 aliphatic rings. The van der Waals surface area contributed by atoms with Crippen molar-refractivity contribution >= 4 is 27.7 Å². The smallest absolute Gasteiger partial charge is 0.255 e. The van der Waals surface area contributed by atoms with Gasteiger partial charge >= 0.3 is 0 Å². The molecule has 0 aromatic carbocycles. The van der Waals surface area contributed by atoms with E-state index in [9.17, 15) is 4.79 Å². The van der Waals surface area contributed by atoms with Gasteiger partial charge in [0.15, 0.2) is 0 Å². The average Bonchev–Trinajstić information content (AvgIpc) is 2.52. The summed E-state index contributed by atoms with van der Waals surface area (Å²) in [5.74, 6) is 0.390. The number of rotatable bonds is 6. The van der Waals surface area contributed by atoms with E-state index in [1.807, 2.05) is 0 Å². The molecule has 0 saturated carbocycles. The van der Waals surface area contributed by atoms with Gasteiger partial charge in [-0.1, -0.05) is 6.92 Å². The van der Waals surface area contributed by atoms with E-state index in [0.717, 1.165) is 23.1 Å². The van der Waals surface area contributed by atoms with Crippen LogP contribution in [0.5, 0.6) is 0 Å². The van der Waals surface area contributed by atoms with Gasteiger partial charge in [0, 0.05) is 23.4 Å². The molecule has 2 aromatic rings. The van der Waals surface area contributed by atoms with E-state index in [1.165, 1.54) is 6.33 Å². The first-order valence-corrected chi connectivity index (χ1v) is 7.42. The first-order chi connectivity index (χ1) is 10.2. The van der Waals surface area contributed by atoms with E-state index in [-0.39, 0.29) is 5.91 Å². The number of hydrogen-bond acceptors (Lipinski definition) is 5. The fraction of sp³-hybridized carbons (Fsp3) is 0.286. The molecule has 0 bridgehead atoms. The molecular weight excluding hydrogens is 334 g/mol. The Labute approximate surface area is 131 Å². The van der Waals surface area contributed by atoms with Gasteiger partial charge in [0.1, 0.15) is 12.1 Å². The summed E-state index contributed by atoms with van der Waals surface area (Å²) in [6.45, 7) is 3.17. The van der Waals surface area contributed by atoms with Crippen LogP contribution >= 0.6 is 15.9 Å². The van der Waals surface area contributed by atoms with Gasteiger partial charge in [0.05, 0.1) is 17.8 Å². The van der Waals surface area contributed by atoms with Crippen molar-refractivity contribution < 1.29 is 4.79 Å². The molecule has 0 aliphatic heterocycles. The maximum atomic E-state index is 12.3. The number of carbonyl (C=O) groups excluding carboxylic acids is 1.